The van der Waals surface area contributed by atoms with Gasteiger partial charge in [0.25, 0.3) is 0 Å². The maximum Gasteiger partial charge on any atom is 0.188 e. The number of hydrogen-bond donors (Lipinski definition) is 2. The number of hydrogen-bond acceptors (Lipinski definition) is 2. The van der Waals surface area contributed by atoms with E-state index in [1.807, 2.05) is 30.5 Å². The van der Waals surface area contributed by atoms with Crippen LogP contribution in [-0.2, 0) is 6.54 Å². The molecule has 3 N–H and O–H groups in total. The van der Waals surface area contributed by atoms with Gasteiger partial charge in [-0.2, -0.15) is 0 Å². The van der Waals surface area contributed by atoms with Crippen LogP contribution >= 0.6 is 0 Å². The third-order valence-corrected chi connectivity index (χ3v) is 2.85. The summed E-state index contributed by atoms with van der Waals surface area (Å²) in [5, 5.41) is 4.24. The lowest BCUT2D eigenvalue weighted by Gasteiger charge is -2.08. The highest BCUT2D eigenvalue weighted by Gasteiger charge is 2.01. The monoisotopic (exact) mass is 256 g/mol. The Labute approximate surface area is 113 Å². The standard InChI is InChI=1S/C15H20N4/c1-11(2)9-18-15(16)19-10-12-7-8-17-14-6-4-3-5-13(12)14/h3-8,11H,9-10H2,1-2H3,(H3,16,18,19). The molecule has 0 amide bonds. The first-order chi connectivity index (χ1) is 9.16. The molecule has 19 heavy (non-hydrogen) atoms. The summed E-state index contributed by atoms with van der Waals surface area (Å²) in [5.41, 5.74) is 7.97. The minimum absolute atomic E-state index is 0.495. The topological polar surface area (TPSA) is 63.3 Å². The fraction of sp³-hybridized carbons (Fsp3) is 0.333. The van der Waals surface area contributed by atoms with Gasteiger partial charge < -0.3 is 11.1 Å². The van der Waals surface area contributed by atoms with Gasteiger partial charge in [0.1, 0.15) is 0 Å². The highest BCUT2D eigenvalue weighted by Crippen LogP contribution is 2.16. The van der Waals surface area contributed by atoms with Crippen LogP contribution in [0.1, 0.15) is 19.4 Å². The number of nitrogens with zero attached hydrogens (tertiary/aromatic N) is 2. The van der Waals surface area contributed by atoms with Crippen LogP contribution in [0.3, 0.4) is 0 Å². The lowest BCUT2D eigenvalue weighted by atomic mass is 10.1. The molecule has 1 aromatic heterocycles. The third kappa shape index (κ3) is 3.68. The molecule has 100 valence electrons. The first kappa shape index (κ1) is 13.3. The van der Waals surface area contributed by atoms with Crippen molar-refractivity contribution in [2.24, 2.45) is 16.6 Å². The zero-order valence-electron chi connectivity index (χ0n) is 11.4. The molecule has 0 bridgehead atoms. The van der Waals surface area contributed by atoms with Gasteiger partial charge in [0.2, 0.25) is 0 Å². The van der Waals surface area contributed by atoms with E-state index in [4.69, 9.17) is 5.73 Å². The van der Waals surface area contributed by atoms with E-state index in [2.05, 4.69) is 35.2 Å². The van der Waals surface area contributed by atoms with Crippen LogP contribution in [0, 0.1) is 5.92 Å². The van der Waals surface area contributed by atoms with Crippen molar-refractivity contribution in [2.75, 3.05) is 6.54 Å². The molecule has 0 spiro atoms. The van der Waals surface area contributed by atoms with Crippen LogP contribution in [0.15, 0.2) is 41.5 Å². The summed E-state index contributed by atoms with van der Waals surface area (Å²) in [6, 6.07) is 10.0. The van der Waals surface area contributed by atoms with Gasteiger partial charge in [0.05, 0.1) is 12.1 Å². The molecular formula is C15H20N4. The van der Waals surface area contributed by atoms with E-state index in [1.165, 1.54) is 0 Å². The molecule has 0 saturated carbocycles. The summed E-state index contributed by atoms with van der Waals surface area (Å²) in [7, 11) is 0. The number of nitrogens with two attached hydrogens (primary N) is 1. The van der Waals surface area contributed by atoms with Crippen LogP contribution in [0.2, 0.25) is 0 Å². The van der Waals surface area contributed by atoms with E-state index in [9.17, 15) is 0 Å². The predicted octanol–water partition coefficient (Wildman–Crippen LogP) is 2.30. The molecule has 1 aromatic carbocycles. The van der Waals surface area contributed by atoms with E-state index < -0.39 is 0 Å². The largest absolute Gasteiger partial charge is 0.370 e. The molecule has 2 aromatic rings. The number of pyridine rings is 1. The predicted molar refractivity (Wildman–Crippen MR) is 79.9 cm³/mol. The van der Waals surface area contributed by atoms with Gasteiger partial charge >= 0.3 is 0 Å². The van der Waals surface area contributed by atoms with Crippen LogP contribution in [-0.4, -0.2) is 17.5 Å². The van der Waals surface area contributed by atoms with Crippen molar-refractivity contribution in [3.05, 3.63) is 42.1 Å². The van der Waals surface area contributed by atoms with Crippen molar-refractivity contribution < 1.29 is 0 Å². The van der Waals surface area contributed by atoms with Crippen molar-refractivity contribution >= 4 is 16.9 Å². The Balaban J connectivity index is 2.11. The molecule has 4 nitrogen and oxygen atoms in total. The molecule has 0 unspecified atom stereocenters. The molecule has 0 fully saturated rings. The SMILES string of the molecule is CC(C)CNC(N)=NCc1ccnc2ccccc12. The molecule has 0 radical (unpaired) electrons. The Morgan fingerprint density at radius 3 is 2.89 bits per heavy atom. The molecule has 0 aliphatic carbocycles. The quantitative estimate of drug-likeness (QED) is 0.651. The van der Waals surface area contributed by atoms with E-state index in [0.29, 0.717) is 18.4 Å². The number of rotatable bonds is 4. The second-order valence-electron chi connectivity index (χ2n) is 4.96. The Morgan fingerprint density at radius 2 is 2.11 bits per heavy atom. The molecule has 0 saturated heterocycles. The van der Waals surface area contributed by atoms with Gasteiger partial charge in [-0.15, -0.1) is 0 Å². The van der Waals surface area contributed by atoms with Gasteiger partial charge in [-0.05, 0) is 23.6 Å². The highest BCUT2D eigenvalue weighted by atomic mass is 15.1. The zero-order valence-corrected chi connectivity index (χ0v) is 11.4. The normalized spacial score (nSPS) is 12.1. The summed E-state index contributed by atoms with van der Waals surface area (Å²) >= 11 is 0. The maximum absolute atomic E-state index is 5.84. The van der Waals surface area contributed by atoms with Gasteiger partial charge in [0.15, 0.2) is 5.96 Å². The highest BCUT2D eigenvalue weighted by molar-refractivity contribution is 5.82. The Bertz CT molecular complexity index is 570. The number of para-hydroxylation sites is 1. The van der Waals surface area contributed by atoms with Crippen molar-refractivity contribution in [3.8, 4) is 0 Å². The second kappa shape index (κ2) is 6.18. The lowest BCUT2D eigenvalue weighted by molar-refractivity contribution is 0.622. The smallest absolute Gasteiger partial charge is 0.188 e. The molecule has 0 atom stereocenters. The molecular weight excluding hydrogens is 236 g/mol. The number of nitrogens with one attached hydrogen (secondary N) is 1. The average molecular weight is 256 g/mol. The van der Waals surface area contributed by atoms with Crippen molar-refractivity contribution in [1.82, 2.24) is 10.3 Å². The first-order valence-corrected chi connectivity index (χ1v) is 6.53. The van der Waals surface area contributed by atoms with E-state index in [1.54, 1.807) is 0 Å². The summed E-state index contributed by atoms with van der Waals surface area (Å²) in [6.07, 6.45) is 1.81. The second-order valence-corrected chi connectivity index (χ2v) is 4.96. The molecule has 1 heterocycles. The van der Waals surface area contributed by atoms with E-state index in [-0.39, 0.29) is 0 Å². The van der Waals surface area contributed by atoms with Gasteiger partial charge in [-0.3, -0.25) is 4.98 Å². The number of guanidine groups is 1. The van der Waals surface area contributed by atoms with E-state index in [0.717, 1.165) is 23.0 Å². The average Bonchev–Trinajstić information content (AvgIpc) is 2.42. The van der Waals surface area contributed by atoms with Gasteiger partial charge in [-0.1, -0.05) is 32.0 Å². The minimum Gasteiger partial charge on any atom is -0.370 e. The van der Waals surface area contributed by atoms with Crippen molar-refractivity contribution in [3.63, 3.8) is 0 Å². The lowest BCUT2D eigenvalue weighted by Crippen LogP contribution is -2.34. The molecule has 4 heteroatoms. The minimum atomic E-state index is 0.495. The van der Waals surface area contributed by atoms with Crippen LogP contribution in [0.4, 0.5) is 0 Å². The number of aromatic nitrogens is 1. The van der Waals surface area contributed by atoms with Gasteiger partial charge in [-0.25, -0.2) is 4.99 Å². The fourth-order valence-corrected chi connectivity index (χ4v) is 1.83. The van der Waals surface area contributed by atoms with E-state index >= 15 is 0 Å². The number of benzene rings is 1. The van der Waals surface area contributed by atoms with Crippen LogP contribution in [0.25, 0.3) is 10.9 Å². The zero-order chi connectivity index (χ0) is 13.7. The number of fused-ring (bicyclic) bond motifs is 1. The summed E-state index contributed by atoms with van der Waals surface area (Å²) in [5.74, 6) is 1.05. The Morgan fingerprint density at radius 1 is 1.32 bits per heavy atom. The van der Waals surface area contributed by atoms with Crippen LogP contribution < -0.4 is 11.1 Å². The molecule has 0 aliphatic heterocycles. The Kier molecular flexibility index (Phi) is 4.34. The molecule has 2 rings (SSSR count). The van der Waals surface area contributed by atoms with Crippen LogP contribution in [0.5, 0.6) is 0 Å². The maximum atomic E-state index is 5.84. The summed E-state index contributed by atoms with van der Waals surface area (Å²) < 4.78 is 0. The summed E-state index contributed by atoms with van der Waals surface area (Å²) in [6.45, 7) is 5.68. The van der Waals surface area contributed by atoms with Crippen molar-refractivity contribution in [1.29, 1.82) is 0 Å². The third-order valence-electron chi connectivity index (χ3n) is 2.85. The van der Waals surface area contributed by atoms with Gasteiger partial charge in [0, 0.05) is 18.1 Å². The summed E-state index contributed by atoms with van der Waals surface area (Å²) in [4.78, 5) is 8.71. The number of aliphatic imine (C=N–C) groups is 1. The Hall–Kier alpha value is -2.10. The fourth-order valence-electron chi connectivity index (χ4n) is 1.83. The molecule has 0 aliphatic rings. The van der Waals surface area contributed by atoms with Crippen molar-refractivity contribution in [2.45, 2.75) is 20.4 Å². The first-order valence-electron chi connectivity index (χ1n) is 6.53.